The predicted molar refractivity (Wildman–Crippen MR) is 114 cm³/mol. The van der Waals surface area contributed by atoms with Crippen LogP contribution in [0.4, 0.5) is 5.69 Å². The van der Waals surface area contributed by atoms with Crippen LogP contribution in [0.5, 0.6) is 11.5 Å². The quantitative estimate of drug-likeness (QED) is 0.560. The van der Waals surface area contributed by atoms with Gasteiger partial charge in [-0.05, 0) is 62.8 Å². The van der Waals surface area contributed by atoms with E-state index < -0.39 is 5.91 Å². The number of likely N-dealkylation sites (tertiary alicyclic amines) is 1. The number of nitrogens with zero attached hydrogens (tertiary/aromatic N) is 1. The third kappa shape index (κ3) is 4.22. The highest BCUT2D eigenvalue weighted by Gasteiger charge is 2.29. The molecule has 0 spiro atoms. The van der Waals surface area contributed by atoms with Gasteiger partial charge in [-0.15, -0.1) is 0 Å². The third-order valence-corrected chi connectivity index (χ3v) is 5.82. The van der Waals surface area contributed by atoms with E-state index in [4.69, 9.17) is 26.8 Å². The molecule has 4 rings (SSSR count). The number of hydrogen-bond donors (Lipinski definition) is 2. The van der Waals surface area contributed by atoms with E-state index in [1.165, 1.54) is 12.1 Å². The number of hydrogen-bond acceptors (Lipinski definition) is 6. The van der Waals surface area contributed by atoms with Crippen molar-refractivity contribution in [1.29, 1.82) is 0 Å². The van der Waals surface area contributed by atoms with Crippen LogP contribution in [0.2, 0.25) is 5.02 Å². The molecule has 3 N–H and O–H groups in total. The number of anilines is 1. The molecule has 30 heavy (non-hydrogen) atoms. The summed E-state index contributed by atoms with van der Waals surface area (Å²) in [5.74, 6) is 0.694. The second kappa shape index (κ2) is 8.53. The molecule has 2 aliphatic heterocycles. The fourth-order valence-electron chi connectivity index (χ4n) is 3.89. The summed E-state index contributed by atoms with van der Waals surface area (Å²) in [7, 11) is 2.03. The Hall–Kier alpha value is -2.77. The van der Waals surface area contributed by atoms with E-state index in [0.29, 0.717) is 16.5 Å². The molecule has 1 saturated heterocycles. The summed E-state index contributed by atoms with van der Waals surface area (Å²) in [6, 6.07) is 8.51. The Kier molecular flexibility index (Phi) is 5.83. The molecule has 0 saturated carbocycles. The summed E-state index contributed by atoms with van der Waals surface area (Å²) < 4.78 is 10.7. The molecule has 2 aromatic rings. The second-order valence-corrected chi connectivity index (χ2v) is 8.17. The molecule has 7 nitrogen and oxygen atoms in total. The number of rotatable bonds is 5. The Morgan fingerprint density at radius 1 is 1.17 bits per heavy atom. The number of carbonyl (C=O) groups excluding carboxylic acids is 2. The lowest BCUT2D eigenvalue weighted by molar-refractivity contribution is 0.0846. The number of amides is 1. The van der Waals surface area contributed by atoms with Crippen molar-refractivity contribution in [3.05, 3.63) is 52.0 Å². The number of nitrogens with one attached hydrogen (secondary N) is 1. The van der Waals surface area contributed by atoms with Gasteiger partial charge in [-0.2, -0.15) is 0 Å². The van der Waals surface area contributed by atoms with Crippen molar-refractivity contribution in [2.45, 2.75) is 19.4 Å². The number of benzene rings is 2. The normalized spacial score (nSPS) is 16.5. The summed E-state index contributed by atoms with van der Waals surface area (Å²) in [6.45, 7) is 2.14. The van der Waals surface area contributed by atoms with E-state index in [9.17, 15) is 9.59 Å². The van der Waals surface area contributed by atoms with Gasteiger partial charge in [0.25, 0.3) is 5.91 Å². The number of nitrogen functional groups attached to an aromatic ring is 1. The van der Waals surface area contributed by atoms with Crippen LogP contribution in [0.15, 0.2) is 30.3 Å². The summed E-state index contributed by atoms with van der Waals surface area (Å²) in [4.78, 5) is 28.4. The molecular formula is C22H24ClN3O4. The Balaban J connectivity index is 1.53. The third-order valence-electron chi connectivity index (χ3n) is 5.60. The smallest absolute Gasteiger partial charge is 0.252 e. The highest BCUT2D eigenvalue weighted by atomic mass is 35.5. The van der Waals surface area contributed by atoms with Gasteiger partial charge in [0.05, 0.1) is 11.1 Å². The molecule has 0 atom stereocenters. The lowest BCUT2D eigenvalue weighted by Gasteiger charge is -2.28. The molecule has 0 unspecified atom stereocenters. The van der Waals surface area contributed by atoms with Gasteiger partial charge in [0.2, 0.25) is 6.79 Å². The zero-order valence-corrected chi connectivity index (χ0v) is 17.5. The van der Waals surface area contributed by atoms with E-state index in [-0.39, 0.29) is 41.9 Å². The molecule has 0 bridgehead atoms. The number of ketones is 1. The van der Waals surface area contributed by atoms with Crippen LogP contribution < -0.4 is 20.5 Å². The van der Waals surface area contributed by atoms with E-state index in [2.05, 4.69) is 10.2 Å². The first-order valence-electron chi connectivity index (χ1n) is 9.91. The molecule has 0 aliphatic carbocycles. The van der Waals surface area contributed by atoms with Crippen LogP contribution in [0.1, 0.15) is 39.1 Å². The van der Waals surface area contributed by atoms with E-state index in [1.807, 2.05) is 19.2 Å². The topological polar surface area (TPSA) is 93.9 Å². The highest BCUT2D eigenvalue weighted by molar-refractivity contribution is 6.31. The van der Waals surface area contributed by atoms with Gasteiger partial charge in [0.15, 0.2) is 17.3 Å². The monoisotopic (exact) mass is 429 g/mol. The number of ether oxygens (including phenoxy) is 2. The van der Waals surface area contributed by atoms with E-state index in [1.54, 1.807) is 6.07 Å². The second-order valence-electron chi connectivity index (χ2n) is 7.73. The van der Waals surface area contributed by atoms with Gasteiger partial charge in [0.1, 0.15) is 0 Å². The van der Waals surface area contributed by atoms with Crippen LogP contribution >= 0.6 is 11.6 Å². The maximum atomic E-state index is 13.2. The van der Waals surface area contributed by atoms with Gasteiger partial charge in [-0.25, -0.2) is 0 Å². The average Bonchev–Trinajstić information content (AvgIpc) is 3.19. The Morgan fingerprint density at radius 3 is 2.67 bits per heavy atom. The molecule has 0 aromatic heterocycles. The van der Waals surface area contributed by atoms with Crippen molar-refractivity contribution in [3.8, 4) is 11.5 Å². The minimum Gasteiger partial charge on any atom is -0.454 e. The number of carbonyl (C=O) groups is 2. The number of piperidine rings is 1. The fraction of sp³-hybridized carbons (Fsp3) is 0.364. The molecular weight excluding hydrogens is 406 g/mol. The molecule has 2 aromatic carbocycles. The average molecular weight is 430 g/mol. The summed E-state index contributed by atoms with van der Waals surface area (Å²) in [5, 5.41) is 3.18. The summed E-state index contributed by atoms with van der Waals surface area (Å²) in [6.07, 6.45) is 1.49. The maximum Gasteiger partial charge on any atom is 0.252 e. The van der Waals surface area contributed by atoms with Crippen LogP contribution in [-0.4, -0.2) is 43.5 Å². The SMILES string of the molecule is CN1CCC(C(=O)c2c(N)cc(Cl)cc2C(=O)NCc2ccc3c(c2)OCO3)CC1. The zero-order valence-electron chi connectivity index (χ0n) is 16.7. The standard InChI is InChI=1S/C22H24ClN3O4/c1-26-6-4-14(5-7-26)21(27)20-16(9-15(23)10-17(20)24)22(28)25-11-13-2-3-18-19(8-13)30-12-29-18/h2-3,8-10,14H,4-7,11-12,24H2,1H3,(H,25,28). The predicted octanol–water partition coefficient (Wildman–Crippen LogP) is 3.11. The number of nitrogens with two attached hydrogens (primary N) is 1. The Morgan fingerprint density at radius 2 is 1.90 bits per heavy atom. The first kappa shape index (κ1) is 20.5. The highest BCUT2D eigenvalue weighted by Crippen LogP contribution is 2.33. The number of fused-ring (bicyclic) bond motifs is 1. The maximum absolute atomic E-state index is 13.2. The van der Waals surface area contributed by atoms with Crippen molar-refractivity contribution < 1.29 is 19.1 Å². The number of Topliss-reactive ketones (excluding diaryl/α,β-unsaturated/α-hetero) is 1. The minimum absolute atomic E-state index is 0.0921. The van der Waals surface area contributed by atoms with Crippen molar-refractivity contribution in [2.24, 2.45) is 5.92 Å². The van der Waals surface area contributed by atoms with E-state index in [0.717, 1.165) is 31.5 Å². The lowest BCUT2D eigenvalue weighted by atomic mass is 9.86. The van der Waals surface area contributed by atoms with Crippen molar-refractivity contribution in [3.63, 3.8) is 0 Å². The first-order valence-corrected chi connectivity index (χ1v) is 10.3. The van der Waals surface area contributed by atoms with Crippen LogP contribution in [-0.2, 0) is 6.54 Å². The van der Waals surface area contributed by atoms with Gasteiger partial charge in [0, 0.05) is 23.2 Å². The van der Waals surface area contributed by atoms with Crippen molar-refractivity contribution in [1.82, 2.24) is 10.2 Å². The Labute approximate surface area is 180 Å². The van der Waals surface area contributed by atoms with E-state index >= 15 is 0 Å². The molecule has 2 aliphatic rings. The van der Waals surface area contributed by atoms with Crippen LogP contribution in [0, 0.1) is 5.92 Å². The van der Waals surface area contributed by atoms with Gasteiger partial charge >= 0.3 is 0 Å². The van der Waals surface area contributed by atoms with Crippen LogP contribution in [0.3, 0.4) is 0 Å². The molecule has 1 amide bonds. The molecule has 8 heteroatoms. The van der Waals surface area contributed by atoms with Gasteiger partial charge < -0.3 is 25.4 Å². The summed E-state index contributed by atoms with van der Waals surface area (Å²) >= 11 is 6.15. The van der Waals surface area contributed by atoms with Gasteiger partial charge in [-0.3, -0.25) is 9.59 Å². The zero-order chi connectivity index (χ0) is 21.3. The summed E-state index contributed by atoms with van der Waals surface area (Å²) in [5.41, 5.74) is 7.70. The first-order chi connectivity index (χ1) is 14.4. The molecule has 0 radical (unpaired) electrons. The largest absolute Gasteiger partial charge is 0.454 e. The van der Waals surface area contributed by atoms with Crippen molar-refractivity contribution >= 4 is 29.0 Å². The Bertz CT molecular complexity index is 987. The molecule has 1 fully saturated rings. The van der Waals surface area contributed by atoms with Crippen molar-refractivity contribution in [2.75, 3.05) is 32.7 Å². The number of halogens is 1. The molecule has 2 heterocycles. The van der Waals surface area contributed by atoms with Crippen LogP contribution in [0.25, 0.3) is 0 Å². The lowest BCUT2D eigenvalue weighted by Crippen LogP contribution is -2.35. The molecule has 158 valence electrons. The fourth-order valence-corrected chi connectivity index (χ4v) is 4.11. The minimum atomic E-state index is -0.391. The van der Waals surface area contributed by atoms with Gasteiger partial charge in [-0.1, -0.05) is 17.7 Å².